The van der Waals surface area contributed by atoms with Crippen molar-refractivity contribution in [1.82, 2.24) is 5.32 Å². The Morgan fingerprint density at radius 1 is 1.58 bits per heavy atom. The highest BCUT2D eigenvalue weighted by molar-refractivity contribution is 5.85. The van der Waals surface area contributed by atoms with Crippen LogP contribution in [0.4, 0.5) is 0 Å². The fourth-order valence-corrected chi connectivity index (χ4v) is 1.81. The Morgan fingerprint density at radius 2 is 2.32 bits per heavy atom. The number of nitrogens with one attached hydrogen (secondary N) is 1. The topological polar surface area (TPSA) is 73.6 Å². The SMILES string of the molecule is CCC(C)C(N)C(=O)NCCCOC1CCOC1.Cl. The van der Waals surface area contributed by atoms with Crippen molar-refractivity contribution < 1.29 is 14.3 Å². The summed E-state index contributed by atoms with van der Waals surface area (Å²) in [6.07, 6.45) is 2.95. The summed E-state index contributed by atoms with van der Waals surface area (Å²) in [7, 11) is 0. The van der Waals surface area contributed by atoms with Crippen LogP contribution in [-0.4, -0.2) is 44.4 Å². The molecule has 1 aliphatic rings. The minimum Gasteiger partial charge on any atom is -0.379 e. The predicted octanol–water partition coefficient (Wildman–Crippen LogP) is 1.09. The van der Waals surface area contributed by atoms with Crippen LogP contribution < -0.4 is 11.1 Å². The number of halogens is 1. The maximum absolute atomic E-state index is 11.7. The Kier molecular flexibility index (Phi) is 10.2. The van der Waals surface area contributed by atoms with Crippen molar-refractivity contribution in [2.24, 2.45) is 11.7 Å². The van der Waals surface area contributed by atoms with Crippen molar-refractivity contribution in [1.29, 1.82) is 0 Å². The van der Waals surface area contributed by atoms with Crippen LogP contribution >= 0.6 is 12.4 Å². The fraction of sp³-hybridized carbons (Fsp3) is 0.923. The largest absolute Gasteiger partial charge is 0.379 e. The first-order valence-corrected chi connectivity index (χ1v) is 6.87. The quantitative estimate of drug-likeness (QED) is 0.657. The van der Waals surface area contributed by atoms with E-state index in [4.69, 9.17) is 15.2 Å². The van der Waals surface area contributed by atoms with E-state index in [1.54, 1.807) is 0 Å². The average molecular weight is 295 g/mol. The minimum atomic E-state index is -0.404. The van der Waals surface area contributed by atoms with E-state index in [0.717, 1.165) is 25.9 Å². The van der Waals surface area contributed by atoms with Gasteiger partial charge in [0.25, 0.3) is 0 Å². The molecule has 3 N–H and O–H groups in total. The number of hydrogen-bond acceptors (Lipinski definition) is 4. The molecule has 0 bridgehead atoms. The zero-order valence-corrected chi connectivity index (χ0v) is 12.7. The van der Waals surface area contributed by atoms with Crippen molar-refractivity contribution in [3.8, 4) is 0 Å². The van der Waals surface area contributed by atoms with Crippen molar-refractivity contribution in [2.75, 3.05) is 26.4 Å². The highest BCUT2D eigenvalue weighted by atomic mass is 35.5. The second kappa shape index (κ2) is 10.4. The third-order valence-corrected chi connectivity index (χ3v) is 3.42. The second-order valence-electron chi connectivity index (χ2n) is 4.91. The van der Waals surface area contributed by atoms with Crippen LogP contribution in [-0.2, 0) is 14.3 Å². The molecular formula is C13H27ClN2O3. The smallest absolute Gasteiger partial charge is 0.237 e. The molecule has 3 unspecified atom stereocenters. The van der Waals surface area contributed by atoms with Gasteiger partial charge in [0.2, 0.25) is 5.91 Å². The van der Waals surface area contributed by atoms with Gasteiger partial charge in [0.05, 0.1) is 18.8 Å². The highest BCUT2D eigenvalue weighted by Crippen LogP contribution is 2.08. The molecule has 0 saturated carbocycles. The first kappa shape index (κ1) is 18.6. The minimum absolute atomic E-state index is 0. The number of amides is 1. The van der Waals surface area contributed by atoms with Gasteiger partial charge in [-0.05, 0) is 18.8 Å². The molecule has 1 rings (SSSR count). The predicted molar refractivity (Wildman–Crippen MR) is 77.5 cm³/mol. The third-order valence-electron chi connectivity index (χ3n) is 3.42. The van der Waals surface area contributed by atoms with Crippen molar-refractivity contribution >= 4 is 18.3 Å². The van der Waals surface area contributed by atoms with E-state index in [1.165, 1.54) is 0 Å². The van der Waals surface area contributed by atoms with Crippen LogP contribution in [0.15, 0.2) is 0 Å². The molecule has 0 aromatic rings. The van der Waals surface area contributed by atoms with Gasteiger partial charge in [-0.25, -0.2) is 0 Å². The van der Waals surface area contributed by atoms with Crippen LogP contribution in [0.2, 0.25) is 0 Å². The molecular weight excluding hydrogens is 268 g/mol. The molecule has 5 nitrogen and oxygen atoms in total. The maximum Gasteiger partial charge on any atom is 0.237 e. The van der Waals surface area contributed by atoms with Gasteiger partial charge < -0.3 is 20.5 Å². The van der Waals surface area contributed by atoms with E-state index in [9.17, 15) is 4.79 Å². The van der Waals surface area contributed by atoms with Gasteiger partial charge in [-0.1, -0.05) is 20.3 Å². The van der Waals surface area contributed by atoms with Crippen LogP contribution in [0.25, 0.3) is 0 Å². The van der Waals surface area contributed by atoms with E-state index in [0.29, 0.717) is 19.8 Å². The summed E-state index contributed by atoms with van der Waals surface area (Å²) < 4.78 is 10.8. The number of rotatable bonds is 8. The maximum atomic E-state index is 11.7. The summed E-state index contributed by atoms with van der Waals surface area (Å²) in [6, 6.07) is -0.404. The molecule has 1 saturated heterocycles. The van der Waals surface area contributed by atoms with Crippen LogP contribution in [0, 0.1) is 5.92 Å². The Bertz CT molecular complexity index is 248. The first-order chi connectivity index (χ1) is 8.65. The average Bonchev–Trinajstić information content (AvgIpc) is 2.89. The number of carbonyl (C=O) groups excluding carboxylic acids is 1. The molecule has 1 aliphatic heterocycles. The molecule has 0 radical (unpaired) electrons. The second-order valence-corrected chi connectivity index (χ2v) is 4.91. The monoisotopic (exact) mass is 294 g/mol. The standard InChI is InChI=1S/C13H26N2O3.ClH/c1-3-10(2)12(14)13(16)15-6-4-7-18-11-5-8-17-9-11;/h10-12H,3-9,14H2,1-2H3,(H,15,16);1H. The Morgan fingerprint density at radius 3 is 2.89 bits per heavy atom. The van der Waals surface area contributed by atoms with Crippen molar-refractivity contribution in [3.63, 3.8) is 0 Å². The van der Waals surface area contributed by atoms with Crippen molar-refractivity contribution in [3.05, 3.63) is 0 Å². The summed E-state index contributed by atoms with van der Waals surface area (Å²) in [6.45, 7) is 6.81. The summed E-state index contributed by atoms with van der Waals surface area (Å²) >= 11 is 0. The van der Waals surface area contributed by atoms with Gasteiger partial charge in [0.1, 0.15) is 0 Å². The fourth-order valence-electron chi connectivity index (χ4n) is 1.81. The van der Waals surface area contributed by atoms with Crippen LogP contribution in [0.5, 0.6) is 0 Å². The molecule has 3 atom stereocenters. The molecule has 6 heteroatoms. The van der Waals surface area contributed by atoms with Gasteiger partial charge in [-0.2, -0.15) is 0 Å². The lowest BCUT2D eigenvalue weighted by Crippen LogP contribution is -2.45. The Hall–Kier alpha value is -0.360. The Labute approximate surface area is 122 Å². The number of hydrogen-bond donors (Lipinski definition) is 2. The Balaban J connectivity index is 0.00000324. The number of ether oxygens (including phenoxy) is 2. The van der Waals surface area contributed by atoms with Crippen molar-refractivity contribution in [2.45, 2.75) is 45.3 Å². The molecule has 1 amide bonds. The van der Waals surface area contributed by atoms with Gasteiger partial charge in [0.15, 0.2) is 0 Å². The summed E-state index contributed by atoms with van der Waals surface area (Å²) in [4.78, 5) is 11.7. The molecule has 19 heavy (non-hydrogen) atoms. The summed E-state index contributed by atoms with van der Waals surface area (Å²) in [5.41, 5.74) is 5.83. The highest BCUT2D eigenvalue weighted by Gasteiger charge is 2.19. The number of nitrogens with two attached hydrogens (primary N) is 1. The molecule has 0 aromatic heterocycles. The van der Waals surface area contributed by atoms with E-state index in [-0.39, 0.29) is 30.3 Å². The van der Waals surface area contributed by atoms with E-state index >= 15 is 0 Å². The van der Waals surface area contributed by atoms with Gasteiger partial charge in [-0.3, -0.25) is 4.79 Å². The molecule has 0 aliphatic carbocycles. The van der Waals surface area contributed by atoms with E-state index in [1.807, 2.05) is 13.8 Å². The zero-order valence-electron chi connectivity index (χ0n) is 11.9. The lowest BCUT2D eigenvalue weighted by molar-refractivity contribution is -0.123. The number of carbonyl (C=O) groups is 1. The third kappa shape index (κ3) is 7.11. The van der Waals surface area contributed by atoms with Crippen LogP contribution in [0.3, 0.4) is 0 Å². The molecule has 0 aromatic carbocycles. The molecule has 1 heterocycles. The molecule has 0 spiro atoms. The molecule has 1 fully saturated rings. The zero-order chi connectivity index (χ0) is 13.4. The van der Waals surface area contributed by atoms with Gasteiger partial charge in [-0.15, -0.1) is 12.4 Å². The normalized spacial score (nSPS) is 21.5. The molecule has 114 valence electrons. The lowest BCUT2D eigenvalue weighted by Gasteiger charge is -2.17. The van der Waals surface area contributed by atoms with Gasteiger partial charge in [0, 0.05) is 19.8 Å². The summed E-state index contributed by atoms with van der Waals surface area (Å²) in [5.74, 6) is 0.158. The van der Waals surface area contributed by atoms with E-state index in [2.05, 4.69) is 5.32 Å². The van der Waals surface area contributed by atoms with Crippen LogP contribution in [0.1, 0.15) is 33.1 Å². The van der Waals surface area contributed by atoms with Gasteiger partial charge >= 0.3 is 0 Å². The lowest BCUT2D eigenvalue weighted by atomic mass is 9.99. The van der Waals surface area contributed by atoms with E-state index < -0.39 is 6.04 Å². The first-order valence-electron chi connectivity index (χ1n) is 6.87. The summed E-state index contributed by atoms with van der Waals surface area (Å²) in [5, 5.41) is 2.85.